The van der Waals surface area contributed by atoms with Gasteiger partial charge in [0.05, 0.1) is 23.0 Å². The maximum absolute atomic E-state index is 12.7. The van der Waals surface area contributed by atoms with E-state index in [4.69, 9.17) is 0 Å². The summed E-state index contributed by atoms with van der Waals surface area (Å²) in [6.07, 6.45) is 1.73. The number of sulfonamides is 1. The van der Waals surface area contributed by atoms with Crippen LogP contribution < -0.4 is 20.9 Å². The van der Waals surface area contributed by atoms with E-state index in [9.17, 15) is 18.0 Å². The lowest BCUT2D eigenvalue weighted by molar-refractivity contribution is -0.121. The van der Waals surface area contributed by atoms with Gasteiger partial charge >= 0.3 is 0 Å². The number of hydrazine groups is 1. The standard InChI is InChI=1S/C25H26N4O4S/c30-24(28-27-20-13-15-22(16-14-20)34(32,33)29-21-11-12-21)17-23(18-7-3-1-4-8-18)26-25(31)19-9-5-2-6-10-19/h1-10,13-16,21,23,27,29H,11-12,17H2,(H,26,31)(H,28,30). The molecule has 0 aliphatic heterocycles. The van der Waals surface area contributed by atoms with Crippen LogP contribution in [0.1, 0.15) is 41.2 Å². The molecule has 1 atom stereocenters. The average Bonchev–Trinajstić information content (AvgIpc) is 3.67. The molecular weight excluding hydrogens is 452 g/mol. The SMILES string of the molecule is O=C(CC(NC(=O)c1ccccc1)c1ccccc1)NNc1ccc(S(=O)(=O)NC2CC2)cc1. The normalized spacial score (nSPS) is 14.1. The summed E-state index contributed by atoms with van der Waals surface area (Å²) in [7, 11) is -3.53. The van der Waals surface area contributed by atoms with E-state index >= 15 is 0 Å². The molecule has 0 heterocycles. The van der Waals surface area contributed by atoms with Crippen molar-refractivity contribution in [2.24, 2.45) is 0 Å². The Morgan fingerprint density at radius 2 is 1.47 bits per heavy atom. The molecule has 1 saturated carbocycles. The molecule has 4 N–H and O–H groups in total. The van der Waals surface area contributed by atoms with E-state index in [1.54, 1.807) is 36.4 Å². The van der Waals surface area contributed by atoms with Crippen molar-refractivity contribution in [2.75, 3.05) is 5.43 Å². The smallest absolute Gasteiger partial charge is 0.251 e. The van der Waals surface area contributed by atoms with Crippen molar-refractivity contribution in [3.8, 4) is 0 Å². The Bertz CT molecular complexity index is 1230. The molecule has 1 aliphatic rings. The van der Waals surface area contributed by atoms with Crippen molar-refractivity contribution in [2.45, 2.75) is 36.2 Å². The first-order valence-corrected chi connectivity index (χ1v) is 12.5. The fourth-order valence-corrected chi connectivity index (χ4v) is 4.66. The van der Waals surface area contributed by atoms with Gasteiger partial charge in [0, 0.05) is 11.6 Å². The number of carbonyl (C=O) groups is 2. The van der Waals surface area contributed by atoms with Gasteiger partial charge in [-0.2, -0.15) is 0 Å². The summed E-state index contributed by atoms with van der Waals surface area (Å²) in [5.41, 5.74) is 7.24. The fraction of sp³-hybridized carbons (Fsp3) is 0.200. The first kappa shape index (κ1) is 23.5. The number of hydrogen-bond acceptors (Lipinski definition) is 5. The van der Waals surface area contributed by atoms with Crippen molar-refractivity contribution in [1.29, 1.82) is 0 Å². The summed E-state index contributed by atoms with van der Waals surface area (Å²) in [6.45, 7) is 0. The van der Waals surface area contributed by atoms with Crippen LogP contribution in [0.3, 0.4) is 0 Å². The summed E-state index contributed by atoms with van der Waals surface area (Å²) >= 11 is 0. The average molecular weight is 479 g/mol. The molecule has 0 radical (unpaired) electrons. The van der Waals surface area contributed by atoms with Crippen LogP contribution in [-0.4, -0.2) is 26.3 Å². The van der Waals surface area contributed by atoms with Gasteiger partial charge in [0.15, 0.2) is 0 Å². The first-order chi connectivity index (χ1) is 16.4. The zero-order valence-corrected chi connectivity index (χ0v) is 19.2. The van der Waals surface area contributed by atoms with Gasteiger partial charge in [-0.15, -0.1) is 0 Å². The van der Waals surface area contributed by atoms with Gasteiger partial charge in [0.1, 0.15) is 0 Å². The Kier molecular flexibility index (Phi) is 7.24. The summed E-state index contributed by atoms with van der Waals surface area (Å²) in [5, 5.41) is 2.92. The zero-order valence-electron chi connectivity index (χ0n) is 18.4. The van der Waals surface area contributed by atoms with E-state index < -0.39 is 16.1 Å². The molecule has 176 valence electrons. The lowest BCUT2D eigenvalue weighted by Crippen LogP contribution is -2.36. The largest absolute Gasteiger partial charge is 0.345 e. The molecular formula is C25H26N4O4S. The van der Waals surface area contributed by atoms with Crippen molar-refractivity contribution >= 4 is 27.5 Å². The van der Waals surface area contributed by atoms with E-state index in [0.29, 0.717) is 11.3 Å². The highest BCUT2D eigenvalue weighted by Crippen LogP contribution is 2.23. The molecule has 1 aliphatic carbocycles. The molecule has 9 heteroatoms. The number of rotatable bonds is 10. The second-order valence-corrected chi connectivity index (χ2v) is 9.81. The van der Waals surface area contributed by atoms with Crippen LogP contribution in [0.2, 0.25) is 0 Å². The maximum atomic E-state index is 12.7. The second-order valence-electron chi connectivity index (χ2n) is 8.10. The van der Waals surface area contributed by atoms with Gasteiger partial charge in [-0.3, -0.25) is 20.4 Å². The van der Waals surface area contributed by atoms with Crippen LogP contribution in [0.5, 0.6) is 0 Å². The molecule has 0 saturated heterocycles. The quantitative estimate of drug-likeness (QED) is 0.334. The lowest BCUT2D eigenvalue weighted by Gasteiger charge is -2.19. The third-order valence-electron chi connectivity index (χ3n) is 5.34. The lowest BCUT2D eigenvalue weighted by atomic mass is 10.0. The third-order valence-corrected chi connectivity index (χ3v) is 6.88. The molecule has 1 fully saturated rings. The highest BCUT2D eigenvalue weighted by molar-refractivity contribution is 7.89. The third kappa shape index (κ3) is 6.43. The van der Waals surface area contributed by atoms with Gasteiger partial charge in [0.25, 0.3) is 5.91 Å². The van der Waals surface area contributed by atoms with Crippen molar-refractivity contribution < 1.29 is 18.0 Å². The minimum atomic E-state index is -3.53. The Morgan fingerprint density at radius 1 is 0.853 bits per heavy atom. The molecule has 34 heavy (non-hydrogen) atoms. The van der Waals surface area contributed by atoms with Gasteiger partial charge in [-0.25, -0.2) is 13.1 Å². The van der Waals surface area contributed by atoms with Crippen molar-refractivity contribution in [3.63, 3.8) is 0 Å². The topological polar surface area (TPSA) is 116 Å². The Labute approximate surface area is 198 Å². The van der Waals surface area contributed by atoms with Crippen molar-refractivity contribution in [3.05, 3.63) is 96.1 Å². The molecule has 8 nitrogen and oxygen atoms in total. The summed E-state index contributed by atoms with van der Waals surface area (Å²) in [4.78, 5) is 25.5. The number of benzene rings is 3. The Morgan fingerprint density at radius 3 is 2.09 bits per heavy atom. The second kappa shape index (κ2) is 10.5. The summed E-state index contributed by atoms with van der Waals surface area (Å²) < 4.78 is 27.2. The number of anilines is 1. The van der Waals surface area contributed by atoms with E-state index in [1.165, 1.54) is 12.1 Å². The van der Waals surface area contributed by atoms with Crippen molar-refractivity contribution in [1.82, 2.24) is 15.5 Å². The van der Waals surface area contributed by atoms with E-state index in [0.717, 1.165) is 18.4 Å². The Balaban J connectivity index is 1.36. The zero-order chi connectivity index (χ0) is 24.0. The van der Waals surface area contributed by atoms with Crippen LogP contribution in [0.4, 0.5) is 5.69 Å². The number of amides is 2. The molecule has 0 bridgehead atoms. The van der Waals surface area contributed by atoms with Crippen LogP contribution >= 0.6 is 0 Å². The van der Waals surface area contributed by atoms with Crippen LogP contribution in [0.15, 0.2) is 89.8 Å². The first-order valence-electron chi connectivity index (χ1n) is 11.0. The van der Waals surface area contributed by atoms with E-state index in [1.807, 2.05) is 36.4 Å². The van der Waals surface area contributed by atoms with E-state index in [-0.39, 0.29) is 29.2 Å². The number of hydrogen-bond donors (Lipinski definition) is 4. The monoisotopic (exact) mass is 478 g/mol. The maximum Gasteiger partial charge on any atom is 0.251 e. The van der Waals surface area contributed by atoms with Gasteiger partial charge in [-0.1, -0.05) is 48.5 Å². The summed E-state index contributed by atoms with van der Waals surface area (Å²) in [5.74, 6) is -0.610. The molecule has 3 aromatic carbocycles. The molecule has 0 spiro atoms. The molecule has 3 aromatic rings. The summed E-state index contributed by atoms with van der Waals surface area (Å²) in [6, 6.07) is 23.7. The molecule has 0 aromatic heterocycles. The minimum Gasteiger partial charge on any atom is -0.345 e. The van der Waals surface area contributed by atoms with Gasteiger partial charge in [0.2, 0.25) is 15.9 Å². The molecule has 4 rings (SSSR count). The van der Waals surface area contributed by atoms with Gasteiger partial charge in [-0.05, 0) is 54.8 Å². The number of carbonyl (C=O) groups excluding carboxylic acids is 2. The molecule has 1 unspecified atom stereocenters. The fourth-order valence-electron chi connectivity index (χ4n) is 3.35. The minimum absolute atomic E-state index is 0.00730. The highest BCUT2D eigenvalue weighted by atomic mass is 32.2. The van der Waals surface area contributed by atoms with E-state index in [2.05, 4.69) is 20.9 Å². The van der Waals surface area contributed by atoms with Crippen LogP contribution in [-0.2, 0) is 14.8 Å². The number of nitrogens with one attached hydrogen (secondary N) is 4. The van der Waals surface area contributed by atoms with Crippen LogP contribution in [0, 0.1) is 0 Å². The Hall–Kier alpha value is -3.69. The predicted molar refractivity (Wildman–Crippen MR) is 129 cm³/mol. The molecule has 2 amide bonds. The predicted octanol–water partition coefficient (Wildman–Crippen LogP) is 3.13. The van der Waals surface area contributed by atoms with Crippen LogP contribution in [0.25, 0.3) is 0 Å². The van der Waals surface area contributed by atoms with Gasteiger partial charge < -0.3 is 5.32 Å². The highest BCUT2D eigenvalue weighted by Gasteiger charge is 2.27.